The van der Waals surface area contributed by atoms with Crippen LogP contribution in [0.2, 0.25) is 5.02 Å². The number of likely N-dealkylation sites (tertiary alicyclic amines) is 1. The number of aromatic hydroxyl groups is 1. The van der Waals surface area contributed by atoms with Crippen molar-refractivity contribution in [1.82, 2.24) is 9.47 Å². The van der Waals surface area contributed by atoms with Gasteiger partial charge >= 0.3 is 11.0 Å². The van der Waals surface area contributed by atoms with E-state index in [4.69, 9.17) is 11.6 Å². The quantitative estimate of drug-likeness (QED) is 0.364. The van der Waals surface area contributed by atoms with E-state index in [2.05, 4.69) is 15.1 Å². The largest absolute Gasteiger partial charge is 0.493 e. The van der Waals surface area contributed by atoms with Gasteiger partial charge in [0.2, 0.25) is 5.88 Å². The van der Waals surface area contributed by atoms with Crippen molar-refractivity contribution in [2.45, 2.75) is 38.1 Å². The molecule has 2 aliphatic heterocycles. The van der Waals surface area contributed by atoms with Crippen LogP contribution < -0.4 is 15.4 Å². The Kier molecular flexibility index (Phi) is 8.67. The first-order chi connectivity index (χ1) is 19.5. The first-order valence-electron chi connectivity index (χ1n) is 13.1. The third-order valence-electron chi connectivity index (χ3n) is 7.63. The summed E-state index contributed by atoms with van der Waals surface area (Å²) in [6, 6.07) is 8.68. The number of piperidine rings is 1. The first kappa shape index (κ1) is 29.5. The van der Waals surface area contributed by atoms with Gasteiger partial charge in [0.05, 0.1) is 34.7 Å². The van der Waals surface area contributed by atoms with E-state index in [9.17, 15) is 33.3 Å². The topological polar surface area (TPSA) is 111 Å². The second-order valence-corrected chi connectivity index (χ2v) is 11.6. The summed E-state index contributed by atoms with van der Waals surface area (Å²) in [6.07, 6.45) is -2.69. The van der Waals surface area contributed by atoms with Crippen LogP contribution in [-0.2, 0) is 19.1 Å². The smallest absolute Gasteiger partial charge is 0.416 e. The Labute approximate surface area is 242 Å². The number of thiazole rings is 1. The van der Waals surface area contributed by atoms with Crippen molar-refractivity contribution < 1.29 is 28.5 Å². The molecule has 3 aromatic rings. The van der Waals surface area contributed by atoms with Crippen LogP contribution in [0.5, 0.6) is 5.88 Å². The van der Waals surface area contributed by atoms with Crippen LogP contribution in [0.1, 0.15) is 34.4 Å². The predicted molar refractivity (Wildman–Crippen MR) is 150 cm³/mol. The number of halogens is 4. The van der Waals surface area contributed by atoms with Crippen LogP contribution in [0.3, 0.4) is 0 Å². The molecule has 0 radical (unpaired) electrons. The number of aliphatic hydroxyl groups is 2. The highest BCUT2D eigenvalue weighted by atomic mass is 35.5. The molecular weight excluding hydrogens is 581 g/mol. The minimum atomic E-state index is -4.66. The van der Waals surface area contributed by atoms with E-state index in [1.165, 1.54) is 22.9 Å². The fourth-order valence-corrected chi connectivity index (χ4v) is 6.45. The third-order valence-corrected chi connectivity index (χ3v) is 8.89. The third kappa shape index (κ3) is 6.41. The highest BCUT2D eigenvalue weighted by molar-refractivity contribution is 7.10. The van der Waals surface area contributed by atoms with Crippen LogP contribution in [0.4, 0.5) is 13.2 Å². The minimum Gasteiger partial charge on any atom is -0.493 e. The highest BCUT2D eigenvalue weighted by Crippen LogP contribution is 2.37. The van der Waals surface area contributed by atoms with Gasteiger partial charge in [-0.25, -0.2) is 0 Å². The molecule has 0 amide bonds. The van der Waals surface area contributed by atoms with E-state index in [0.717, 1.165) is 17.4 Å². The molecule has 0 aliphatic carbocycles. The van der Waals surface area contributed by atoms with Gasteiger partial charge in [0.15, 0.2) is 0 Å². The van der Waals surface area contributed by atoms with Crippen molar-refractivity contribution in [3.8, 4) is 5.88 Å². The molecule has 0 saturated carbocycles. The molecule has 41 heavy (non-hydrogen) atoms. The lowest BCUT2D eigenvalue weighted by Crippen LogP contribution is -2.40. The lowest BCUT2D eigenvalue weighted by molar-refractivity contribution is -0.138. The molecule has 1 atom stereocenters. The van der Waals surface area contributed by atoms with Crippen molar-refractivity contribution in [3.63, 3.8) is 0 Å². The van der Waals surface area contributed by atoms with Gasteiger partial charge in [-0.05, 0) is 72.5 Å². The van der Waals surface area contributed by atoms with Gasteiger partial charge in [-0.1, -0.05) is 35.1 Å². The van der Waals surface area contributed by atoms with Gasteiger partial charge < -0.3 is 20.2 Å². The molecule has 3 heterocycles. The van der Waals surface area contributed by atoms with Crippen LogP contribution in [0, 0.1) is 5.92 Å². The van der Waals surface area contributed by atoms with E-state index in [0.29, 0.717) is 54.2 Å². The number of aliphatic hydroxyl groups excluding tert-OH is 2. The molecule has 2 aromatic carbocycles. The summed E-state index contributed by atoms with van der Waals surface area (Å²) in [5.41, 5.74) is 0.0999. The fraction of sp³-hybridized carbons (Fsp3) is 0.393. The van der Waals surface area contributed by atoms with E-state index in [-0.39, 0.29) is 46.8 Å². The summed E-state index contributed by atoms with van der Waals surface area (Å²) in [7, 11) is 0. The van der Waals surface area contributed by atoms with Crippen LogP contribution in [-0.4, -0.2) is 63.3 Å². The number of rotatable bonds is 8. The Morgan fingerprint density at radius 2 is 1.90 bits per heavy atom. The Bertz CT molecular complexity index is 1650. The van der Waals surface area contributed by atoms with Gasteiger partial charge in [0, 0.05) is 30.1 Å². The van der Waals surface area contributed by atoms with Crippen molar-refractivity contribution in [1.29, 1.82) is 0 Å². The first-order valence-corrected chi connectivity index (χ1v) is 14.3. The molecule has 1 aromatic heterocycles. The second-order valence-electron chi connectivity index (χ2n) is 10.2. The average Bonchev–Trinajstić information content (AvgIpc) is 3.53. The lowest BCUT2D eigenvalue weighted by Gasteiger charge is -2.33. The zero-order chi connectivity index (χ0) is 29.3. The van der Waals surface area contributed by atoms with E-state index in [1.54, 1.807) is 18.2 Å². The number of alkyl halides is 3. The van der Waals surface area contributed by atoms with Gasteiger partial charge in [0.1, 0.15) is 0 Å². The van der Waals surface area contributed by atoms with E-state index < -0.39 is 22.7 Å². The molecule has 1 saturated heterocycles. The number of aromatic nitrogens is 1. The Balaban J connectivity index is 1.49. The molecule has 1 fully saturated rings. The summed E-state index contributed by atoms with van der Waals surface area (Å²) in [6.45, 7) is 1.71. The van der Waals surface area contributed by atoms with Crippen molar-refractivity contribution in [3.05, 3.63) is 83.2 Å². The van der Waals surface area contributed by atoms with Gasteiger partial charge in [-0.3, -0.25) is 9.36 Å². The normalized spacial score (nSPS) is 17.4. The number of hydrogen-bond acceptors (Lipinski definition) is 8. The summed E-state index contributed by atoms with van der Waals surface area (Å²) in [5, 5.41) is 39.3. The summed E-state index contributed by atoms with van der Waals surface area (Å²) in [4.78, 5) is 14.9. The second kappa shape index (κ2) is 12.1. The Hall–Kier alpha value is -3.03. The summed E-state index contributed by atoms with van der Waals surface area (Å²) >= 11 is 6.68. The SMILES string of the molecule is O=c1sc(C(Cc2ccc(Cl)cc2C(F)(F)F)=c2ccc3c(c2)C=NN=3)c(O)n1CCN1CCC(C(O)CO)CC1. The molecule has 0 spiro atoms. The number of hydrogen-bond donors (Lipinski definition) is 3. The van der Waals surface area contributed by atoms with Crippen LogP contribution in [0.15, 0.2) is 51.4 Å². The highest BCUT2D eigenvalue weighted by Gasteiger charge is 2.34. The number of fused-ring (bicyclic) bond motifs is 1. The predicted octanol–water partition coefficient (Wildman–Crippen LogP) is 2.76. The maximum absolute atomic E-state index is 13.9. The molecule has 8 nitrogen and oxygen atoms in total. The minimum absolute atomic E-state index is 0.0110. The lowest BCUT2D eigenvalue weighted by atomic mass is 9.91. The number of nitrogens with zero attached hydrogens (tertiary/aromatic N) is 4. The molecule has 5 rings (SSSR count). The average molecular weight is 609 g/mol. The molecular formula is C28H28ClF3N4O4S. The fourth-order valence-electron chi connectivity index (χ4n) is 5.30. The van der Waals surface area contributed by atoms with Crippen molar-refractivity contribution >= 4 is 34.7 Å². The monoisotopic (exact) mass is 608 g/mol. The maximum Gasteiger partial charge on any atom is 0.416 e. The molecule has 218 valence electrons. The van der Waals surface area contributed by atoms with E-state index in [1.807, 2.05) is 0 Å². The molecule has 0 bridgehead atoms. The van der Waals surface area contributed by atoms with Crippen LogP contribution in [0.25, 0.3) is 5.57 Å². The van der Waals surface area contributed by atoms with Gasteiger partial charge in [0.25, 0.3) is 0 Å². The van der Waals surface area contributed by atoms with E-state index >= 15 is 0 Å². The van der Waals surface area contributed by atoms with Crippen molar-refractivity contribution in [2.24, 2.45) is 16.1 Å². The maximum atomic E-state index is 13.9. The molecule has 3 N–H and O–H groups in total. The Morgan fingerprint density at radius 3 is 2.61 bits per heavy atom. The van der Waals surface area contributed by atoms with Crippen molar-refractivity contribution in [2.75, 3.05) is 26.2 Å². The Morgan fingerprint density at radius 1 is 1.15 bits per heavy atom. The molecule has 13 heteroatoms. The van der Waals surface area contributed by atoms with Gasteiger partial charge in [-0.15, -0.1) is 0 Å². The molecule has 2 aliphatic rings. The molecule has 1 unspecified atom stereocenters. The zero-order valence-corrected chi connectivity index (χ0v) is 23.4. The standard InChI is InChI=1S/C28H28ClF3N4O4S/c29-20-3-1-18(22(13-20)28(30,31)32)12-21(17-2-4-23-19(11-17)14-33-34-23)25-26(39)36(27(40)41-25)10-9-35-7-5-16(6-8-35)24(38)15-37/h1-4,11,13-14,16,24,37-39H,5-10,12,15H2. The zero-order valence-electron chi connectivity index (χ0n) is 21.8. The summed E-state index contributed by atoms with van der Waals surface area (Å²) < 4.78 is 43.1. The van der Waals surface area contributed by atoms with Crippen LogP contribution >= 0.6 is 22.9 Å². The van der Waals surface area contributed by atoms with Gasteiger partial charge in [-0.2, -0.15) is 23.4 Å². The number of benzene rings is 2. The summed E-state index contributed by atoms with van der Waals surface area (Å²) in [5.74, 6) is -0.293.